The van der Waals surface area contributed by atoms with Gasteiger partial charge >= 0.3 is 0 Å². The van der Waals surface area contributed by atoms with Gasteiger partial charge in [-0.3, -0.25) is 0 Å². The zero-order valence-corrected chi connectivity index (χ0v) is 19.8. The largest absolute Gasteiger partial charge is 0.345 e. The normalized spacial score (nSPS) is 22.5. The fourth-order valence-corrected chi connectivity index (χ4v) is 4.53. The Labute approximate surface area is 180 Å². The average Bonchev–Trinajstić information content (AvgIpc) is 2.95. The standard InChI is InChI=1S/C21H40IN3O2/c1-4-5-6-7-8-9-10-11-12-13-14-15-16-19-20(18(17-22)24-25-23)27-21(2,3)26-19/h18-20H,4-17H2,1-3H3/t18-,19+,20-/m0/s1. The molecule has 1 saturated heterocycles. The Balaban J connectivity index is 2.13. The summed E-state index contributed by atoms with van der Waals surface area (Å²) in [5.41, 5.74) is 8.79. The van der Waals surface area contributed by atoms with Crippen molar-refractivity contribution in [1.82, 2.24) is 0 Å². The van der Waals surface area contributed by atoms with E-state index in [1.54, 1.807) is 0 Å². The molecular formula is C21H40IN3O2. The van der Waals surface area contributed by atoms with Crippen LogP contribution in [0.25, 0.3) is 10.4 Å². The molecule has 0 unspecified atom stereocenters. The number of hydrogen-bond donors (Lipinski definition) is 0. The van der Waals surface area contributed by atoms with Crippen molar-refractivity contribution in [3.63, 3.8) is 0 Å². The van der Waals surface area contributed by atoms with Crippen molar-refractivity contribution in [2.24, 2.45) is 5.11 Å². The highest BCUT2D eigenvalue weighted by atomic mass is 127. The summed E-state index contributed by atoms with van der Waals surface area (Å²) in [6.07, 6.45) is 17.1. The van der Waals surface area contributed by atoms with Crippen molar-refractivity contribution in [1.29, 1.82) is 0 Å². The number of hydrogen-bond acceptors (Lipinski definition) is 3. The fraction of sp³-hybridized carbons (Fsp3) is 1.00. The Morgan fingerprint density at radius 1 is 0.926 bits per heavy atom. The Morgan fingerprint density at radius 2 is 1.44 bits per heavy atom. The van der Waals surface area contributed by atoms with E-state index in [4.69, 9.17) is 15.0 Å². The van der Waals surface area contributed by atoms with E-state index >= 15 is 0 Å². The van der Waals surface area contributed by atoms with Crippen LogP contribution < -0.4 is 0 Å². The molecule has 0 aromatic heterocycles. The van der Waals surface area contributed by atoms with Crippen molar-refractivity contribution in [3.8, 4) is 0 Å². The van der Waals surface area contributed by atoms with E-state index in [2.05, 4.69) is 39.5 Å². The third-order valence-corrected chi connectivity index (χ3v) is 6.20. The third kappa shape index (κ3) is 10.9. The summed E-state index contributed by atoms with van der Waals surface area (Å²) >= 11 is 2.26. The second-order valence-electron chi connectivity index (χ2n) is 8.24. The first kappa shape index (κ1) is 25.0. The summed E-state index contributed by atoms with van der Waals surface area (Å²) in [6, 6.07) is -0.153. The summed E-state index contributed by atoms with van der Waals surface area (Å²) in [7, 11) is 0. The first-order valence-corrected chi connectivity index (χ1v) is 12.5. The Bertz CT molecular complexity index is 428. The smallest absolute Gasteiger partial charge is 0.163 e. The molecule has 158 valence electrons. The minimum absolute atomic E-state index is 0.0355. The third-order valence-electron chi connectivity index (χ3n) is 5.30. The van der Waals surface area contributed by atoms with Crippen LogP contribution in [0.2, 0.25) is 0 Å². The maximum absolute atomic E-state index is 8.79. The van der Waals surface area contributed by atoms with Crippen molar-refractivity contribution in [3.05, 3.63) is 10.4 Å². The summed E-state index contributed by atoms with van der Waals surface area (Å²) < 4.78 is 12.9. The minimum atomic E-state index is -0.582. The lowest BCUT2D eigenvalue weighted by Gasteiger charge is -2.21. The second-order valence-corrected chi connectivity index (χ2v) is 9.12. The van der Waals surface area contributed by atoms with E-state index in [-0.39, 0.29) is 18.2 Å². The molecule has 1 heterocycles. The molecule has 0 radical (unpaired) electrons. The maximum Gasteiger partial charge on any atom is 0.163 e. The predicted octanol–water partition coefficient (Wildman–Crippen LogP) is 7.71. The van der Waals surface area contributed by atoms with Crippen molar-refractivity contribution in [2.75, 3.05) is 4.43 Å². The lowest BCUT2D eigenvalue weighted by Crippen LogP contribution is -2.35. The average molecular weight is 493 g/mol. The molecule has 1 aliphatic heterocycles. The van der Waals surface area contributed by atoms with Crippen LogP contribution in [0, 0.1) is 0 Å². The van der Waals surface area contributed by atoms with Crippen LogP contribution in [0.4, 0.5) is 0 Å². The van der Waals surface area contributed by atoms with Gasteiger partial charge in [0.2, 0.25) is 0 Å². The van der Waals surface area contributed by atoms with Gasteiger partial charge in [0.25, 0.3) is 0 Å². The first-order chi connectivity index (χ1) is 13.0. The van der Waals surface area contributed by atoms with Gasteiger partial charge in [-0.05, 0) is 25.8 Å². The van der Waals surface area contributed by atoms with Gasteiger partial charge in [-0.1, -0.05) is 112 Å². The summed E-state index contributed by atoms with van der Waals surface area (Å²) in [5, 5.41) is 3.92. The highest BCUT2D eigenvalue weighted by Crippen LogP contribution is 2.34. The SMILES string of the molecule is CCCCCCCCCCCCCC[C@H]1OC(C)(C)O[C@H]1[C@H](CI)N=[N+]=[N-]. The van der Waals surface area contributed by atoms with Gasteiger partial charge in [0.1, 0.15) is 0 Å². The highest BCUT2D eigenvalue weighted by Gasteiger charge is 2.44. The molecule has 1 rings (SSSR count). The van der Waals surface area contributed by atoms with Gasteiger partial charge in [0, 0.05) is 9.34 Å². The zero-order valence-electron chi connectivity index (χ0n) is 17.7. The minimum Gasteiger partial charge on any atom is -0.345 e. The molecule has 0 amide bonds. The van der Waals surface area contributed by atoms with E-state index in [1.807, 2.05) is 13.8 Å². The van der Waals surface area contributed by atoms with Gasteiger partial charge in [0.15, 0.2) is 5.79 Å². The molecule has 0 N–H and O–H groups in total. The molecule has 1 fully saturated rings. The molecular weight excluding hydrogens is 453 g/mol. The van der Waals surface area contributed by atoms with Crippen LogP contribution in [-0.2, 0) is 9.47 Å². The van der Waals surface area contributed by atoms with Crippen molar-refractivity contribution >= 4 is 22.6 Å². The van der Waals surface area contributed by atoms with E-state index in [1.165, 1.54) is 70.6 Å². The second kappa shape index (κ2) is 14.9. The number of nitrogens with zero attached hydrogens (tertiary/aromatic N) is 3. The van der Waals surface area contributed by atoms with Crippen LogP contribution in [0.3, 0.4) is 0 Å². The van der Waals surface area contributed by atoms with Crippen LogP contribution in [-0.4, -0.2) is 28.5 Å². The molecule has 5 nitrogen and oxygen atoms in total. The lowest BCUT2D eigenvalue weighted by molar-refractivity contribution is -0.147. The molecule has 0 spiro atoms. The summed E-state index contributed by atoms with van der Waals surface area (Å²) in [6.45, 7) is 6.17. The van der Waals surface area contributed by atoms with Crippen molar-refractivity contribution in [2.45, 2.75) is 128 Å². The predicted molar refractivity (Wildman–Crippen MR) is 121 cm³/mol. The Hall–Kier alpha value is -0.0400. The van der Waals surface area contributed by atoms with E-state index in [0.717, 1.165) is 17.3 Å². The first-order valence-electron chi connectivity index (χ1n) is 11.0. The van der Waals surface area contributed by atoms with E-state index < -0.39 is 5.79 Å². The van der Waals surface area contributed by atoms with Gasteiger partial charge < -0.3 is 9.47 Å². The van der Waals surface area contributed by atoms with Crippen molar-refractivity contribution < 1.29 is 9.47 Å². The van der Waals surface area contributed by atoms with Crippen LogP contribution in [0.1, 0.15) is 104 Å². The van der Waals surface area contributed by atoms with Gasteiger partial charge in [-0.25, -0.2) is 0 Å². The van der Waals surface area contributed by atoms with Gasteiger partial charge in [-0.15, -0.1) is 0 Å². The van der Waals surface area contributed by atoms with Gasteiger partial charge in [0.05, 0.1) is 18.2 Å². The van der Waals surface area contributed by atoms with Crippen LogP contribution >= 0.6 is 22.6 Å². The molecule has 27 heavy (non-hydrogen) atoms. The topological polar surface area (TPSA) is 67.2 Å². The fourth-order valence-electron chi connectivity index (χ4n) is 3.85. The number of unbranched alkanes of at least 4 members (excludes halogenated alkanes) is 11. The molecule has 0 bridgehead atoms. The molecule has 6 heteroatoms. The molecule has 1 aliphatic rings. The number of rotatable bonds is 16. The number of halogens is 1. The molecule has 0 aromatic rings. The molecule has 0 saturated carbocycles. The lowest BCUT2D eigenvalue weighted by atomic mass is 10.0. The number of ether oxygens (including phenoxy) is 2. The molecule has 0 aromatic carbocycles. The Kier molecular flexibility index (Phi) is 13.8. The Morgan fingerprint density at radius 3 is 1.93 bits per heavy atom. The van der Waals surface area contributed by atoms with Gasteiger partial charge in [-0.2, -0.15) is 0 Å². The highest BCUT2D eigenvalue weighted by molar-refractivity contribution is 14.1. The molecule has 0 aliphatic carbocycles. The number of alkyl halides is 1. The van der Waals surface area contributed by atoms with E-state index in [0.29, 0.717) is 0 Å². The number of azide groups is 1. The zero-order chi connectivity index (χ0) is 20.0. The monoisotopic (exact) mass is 493 g/mol. The van der Waals surface area contributed by atoms with Crippen LogP contribution in [0.5, 0.6) is 0 Å². The summed E-state index contributed by atoms with van der Waals surface area (Å²) in [5.74, 6) is -0.582. The van der Waals surface area contributed by atoms with E-state index in [9.17, 15) is 0 Å². The maximum atomic E-state index is 8.79. The summed E-state index contributed by atoms with van der Waals surface area (Å²) in [4.78, 5) is 2.98. The molecule has 3 atom stereocenters. The quantitative estimate of drug-likeness (QED) is 0.0552. The van der Waals surface area contributed by atoms with Crippen LogP contribution in [0.15, 0.2) is 5.11 Å².